The summed E-state index contributed by atoms with van der Waals surface area (Å²) in [7, 11) is 0. The van der Waals surface area contributed by atoms with Crippen molar-refractivity contribution >= 4 is 0 Å². The molecule has 0 aromatic carbocycles. The Hall–Kier alpha value is -0.240. The molecule has 0 spiro atoms. The number of rotatable bonds is 1. The van der Waals surface area contributed by atoms with Crippen molar-refractivity contribution in [1.29, 1.82) is 0 Å². The van der Waals surface area contributed by atoms with E-state index in [0.717, 1.165) is 0 Å². The first-order valence-electron chi connectivity index (χ1n) is 6.18. The standard InChI is InChI=1S/C12H22O6/c1-11(2)15-5-8(13)10(14-7-17-11)9-6-16-12(3,4)18-9/h8-10,13H,5-7H2,1-4H3/t8-,9?,10-/m0/s1. The zero-order valence-electron chi connectivity index (χ0n) is 11.3. The maximum absolute atomic E-state index is 10.1. The maximum Gasteiger partial charge on any atom is 0.165 e. The van der Waals surface area contributed by atoms with Crippen LogP contribution in [0.2, 0.25) is 0 Å². The Bertz CT molecular complexity index is 290. The summed E-state index contributed by atoms with van der Waals surface area (Å²) < 4.78 is 27.6. The quantitative estimate of drug-likeness (QED) is 0.747. The van der Waals surface area contributed by atoms with E-state index in [0.29, 0.717) is 6.61 Å². The van der Waals surface area contributed by atoms with E-state index >= 15 is 0 Å². The molecule has 2 heterocycles. The molecule has 2 rings (SSSR count). The predicted molar refractivity (Wildman–Crippen MR) is 61.8 cm³/mol. The summed E-state index contributed by atoms with van der Waals surface area (Å²) in [6, 6.07) is 0. The smallest absolute Gasteiger partial charge is 0.165 e. The molecule has 3 atom stereocenters. The van der Waals surface area contributed by atoms with Crippen LogP contribution in [0.25, 0.3) is 0 Å². The summed E-state index contributed by atoms with van der Waals surface area (Å²) >= 11 is 0. The summed E-state index contributed by atoms with van der Waals surface area (Å²) in [6.45, 7) is 7.80. The van der Waals surface area contributed by atoms with Gasteiger partial charge in [-0.25, -0.2) is 0 Å². The van der Waals surface area contributed by atoms with Crippen molar-refractivity contribution in [2.45, 2.75) is 57.6 Å². The molecule has 0 saturated carbocycles. The van der Waals surface area contributed by atoms with E-state index in [4.69, 9.17) is 23.7 Å². The average Bonchev–Trinajstić information content (AvgIpc) is 2.60. The van der Waals surface area contributed by atoms with Crippen LogP contribution < -0.4 is 0 Å². The van der Waals surface area contributed by atoms with Crippen LogP contribution in [-0.2, 0) is 23.7 Å². The lowest BCUT2D eigenvalue weighted by Crippen LogP contribution is -2.48. The monoisotopic (exact) mass is 262 g/mol. The first kappa shape index (κ1) is 14.2. The highest BCUT2D eigenvalue weighted by Gasteiger charge is 2.42. The molecule has 106 valence electrons. The molecular weight excluding hydrogens is 240 g/mol. The molecule has 0 amide bonds. The molecule has 1 unspecified atom stereocenters. The van der Waals surface area contributed by atoms with Crippen LogP contribution in [0.5, 0.6) is 0 Å². The van der Waals surface area contributed by atoms with Gasteiger partial charge in [0.2, 0.25) is 0 Å². The molecule has 1 N–H and O–H groups in total. The third kappa shape index (κ3) is 3.40. The van der Waals surface area contributed by atoms with Gasteiger partial charge in [-0.2, -0.15) is 0 Å². The first-order valence-corrected chi connectivity index (χ1v) is 6.18. The van der Waals surface area contributed by atoms with Gasteiger partial charge in [0.05, 0.1) is 13.2 Å². The lowest BCUT2D eigenvalue weighted by molar-refractivity contribution is -0.307. The fraction of sp³-hybridized carbons (Fsp3) is 1.00. The largest absolute Gasteiger partial charge is 0.388 e. The van der Waals surface area contributed by atoms with Crippen molar-refractivity contribution in [1.82, 2.24) is 0 Å². The van der Waals surface area contributed by atoms with Gasteiger partial charge in [0.1, 0.15) is 18.3 Å². The Morgan fingerprint density at radius 2 is 1.61 bits per heavy atom. The molecule has 2 aliphatic heterocycles. The van der Waals surface area contributed by atoms with Gasteiger partial charge in [-0.05, 0) is 27.7 Å². The first-order chi connectivity index (χ1) is 8.29. The van der Waals surface area contributed by atoms with Gasteiger partial charge in [0.25, 0.3) is 0 Å². The van der Waals surface area contributed by atoms with E-state index < -0.39 is 23.8 Å². The highest BCUT2D eigenvalue weighted by molar-refractivity contribution is 4.84. The van der Waals surface area contributed by atoms with Gasteiger partial charge in [-0.1, -0.05) is 0 Å². The SMILES string of the molecule is CC1(C)OCO[C@H](C2COC(C)(C)O2)[C@@H](O)CO1. The molecule has 18 heavy (non-hydrogen) atoms. The number of hydrogen-bond acceptors (Lipinski definition) is 6. The molecule has 0 aromatic rings. The molecule has 6 nitrogen and oxygen atoms in total. The summed E-state index contributed by atoms with van der Waals surface area (Å²) in [5.74, 6) is -1.39. The minimum atomic E-state index is -0.768. The van der Waals surface area contributed by atoms with E-state index in [1.54, 1.807) is 13.8 Å². The number of hydrogen-bond donors (Lipinski definition) is 1. The van der Waals surface area contributed by atoms with Crippen LogP contribution in [0, 0.1) is 0 Å². The predicted octanol–water partition coefficient (Wildman–Crippen LogP) is 0.624. The topological polar surface area (TPSA) is 66.4 Å². The van der Waals surface area contributed by atoms with E-state index in [1.165, 1.54) is 0 Å². The number of aliphatic hydroxyl groups excluding tert-OH is 1. The zero-order valence-corrected chi connectivity index (χ0v) is 11.3. The molecule has 0 bridgehead atoms. The summed E-state index contributed by atoms with van der Waals surface area (Å²) in [4.78, 5) is 0. The molecular formula is C12H22O6. The maximum atomic E-state index is 10.1. The summed E-state index contributed by atoms with van der Waals surface area (Å²) in [6.07, 6.45) is -1.60. The second-order valence-corrected chi connectivity index (χ2v) is 5.54. The Labute approximate surface area is 107 Å². The van der Waals surface area contributed by atoms with Gasteiger partial charge in [-0.3, -0.25) is 0 Å². The average molecular weight is 262 g/mol. The van der Waals surface area contributed by atoms with Crippen LogP contribution in [0.3, 0.4) is 0 Å². The second-order valence-electron chi connectivity index (χ2n) is 5.54. The van der Waals surface area contributed by atoms with Gasteiger partial charge in [0.15, 0.2) is 18.4 Å². The van der Waals surface area contributed by atoms with Crippen molar-refractivity contribution in [3.05, 3.63) is 0 Å². The Balaban J connectivity index is 1.97. The minimum Gasteiger partial charge on any atom is -0.388 e. The third-order valence-corrected chi connectivity index (χ3v) is 3.04. The van der Waals surface area contributed by atoms with Crippen LogP contribution in [0.15, 0.2) is 0 Å². The summed E-state index contributed by atoms with van der Waals surface area (Å²) in [5.41, 5.74) is 0. The minimum absolute atomic E-state index is 0.0506. The van der Waals surface area contributed by atoms with Gasteiger partial charge in [0, 0.05) is 0 Å². The van der Waals surface area contributed by atoms with Crippen molar-refractivity contribution in [2.75, 3.05) is 20.0 Å². The van der Waals surface area contributed by atoms with Gasteiger partial charge in [-0.15, -0.1) is 0 Å². The van der Waals surface area contributed by atoms with Gasteiger partial charge < -0.3 is 28.8 Å². The molecule has 2 fully saturated rings. The molecule has 0 radical (unpaired) electrons. The van der Waals surface area contributed by atoms with Crippen LogP contribution in [0.4, 0.5) is 0 Å². The Morgan fingerprint density at radius 3 is 2.22 bits per heavy atom. The molecule has 0 aliphatic carbocycles. The van der Waals surface area contributed by atoms with Crippen molar-refractivity contribution in [2.24, 2.45) is 0 Å². The van der Waals surface area contributed by atoms with E-state index in [9.17, 15) is 5.11 Å². The summed E-state index contributed by atoms with van der Waals surface area (Å²) in [5, 5.41) is 10.1. The van der Waals surface area contributed by atoms with E-state index in [1.807, 2.05) is 13.8 Å². The second kappa shape index (κ2) is 5.03. The lowest BCUT2D eigenvalue weighted by atomic mass is 10.1. The third-order valence-electron chi connectivity index (χ3n) is 3.04. The van der Waals surface area contributed by atoms with Crippen molar-refractivity contribution in [3.8, 4) is 0 Å². The Kier molecular flexibility index (Phi) is 3.96. The fourth-order valence-electron chi connectivity index (χ4n) is 2.02. The number of ether oxygens (including phenoxy) is 5. The molecule has 2 aliphatic rings. The highest BCUT2D eigenvalue weighted by Crippen LogP contribution is 2.28. The van der Waals surface area contributed by atoms with Gasteiger partial charge >= 0.3 is 0 Å². The van der Waals surface area contributed by atoms with Crippen molar-refractivity contribution in [3.63, 3.8) is 0 Å². The zero-order chi connectivity index (χ0) is 13.4. The lowest BCUT2D eigenvalue weighted by Gasteiger charge is -2.35. The number of aliphatic hydroxyl groups is 1. The normalized spacial score (nSPS) is 40.2. The Morgan fingerprint density at radius 1 is 0.944 bits per heavy atom. The van der Waals surface area contributed by atoms with Crippen LogP contribution in [-0.4, -0.2) is 55.0 Å². The van der Waals surface area contributed by atoms with Crippen LogP contribution >= 0.6 is 0 Å². The van der Waals surface area contributed by atoms with Crippen molar-refractivity contribution < 1.29 is 28.8 Å². The van der Waals surface area contributed by atoms with E-state index in [-0.39, 0.29) is 19.5 Å². The molecule has 2 saturated heterocycles. The highest BCUT2D eigenvalue weighted by atomic mass is 16.8. The fourth-order valence-corrected chi connectivity index (χ4v) is 2.02. The van der Waals surface area contributed by atoms with Crippen LogP contribution in [0.1, 0.15) is 27.7 Å². The van der Waals surface area contributed by atoms with E-state index in [2.05, 4.69) is 0 Å². The molecule has 6 heteroatoms. The molecule has 0 aromatic heterocycles.